The first-order valence-corrected chi connectivity index (χ1v) is 19.1. The van der Waals surface area contributed by atoms with E-state index >= 15 is 4.57 Å². The molecule has 10 aromatic rings. The average molecular weight is 661 g/mol. The van der Waals surface area contributed by atoms with Crippen molar-refractivity contribution in [1.82, 2.24) is 0 Å². The van der Waals surface area contributed by atoms with Crippen LogP contribution in [0.1, 0.15) is 0 Å². The van der Waals surface area contributed by atoms with Gasteiger partial charge < -0.3 is 4.57 Å². The SMILES string of the molecule is O=P(c1ccccc1)(c1ccccc1)c1ccc2sc3ccc(-c4c5ccc6ccccc6c5cc5c4ccc4ccccc45)cc3c2c1. The summed E-state index contributed by atoms with van der Waals surface area (Å²) < 4.78 is 17.7. The molecule has 9 aromatic carbocycles. The number of hydrogen-bond acceptors (Lipinski definition) is 2. The van der Waals surface area contributed by atoms with Gasteiger partial charge in [-0.1, -0.05) is 140 Å². The van der Waals surface area contributed by atoms with Crippen molar-refractivity contribution in [3.8, 4) is 11.1 Å². The minimum Gasteiger partial charge on any atom is -0.309 e. The molecule has 49 heavy (non-hydrogen) atoms. The van der Waals surface area contributed by atoms with Crippen LogP contribution in [0.2, 0.25) is 0 Å². The first-order chi connectivity index (χ1) is 24.2. The van der Waals surface area contributed by atoms with Crippen molar-refractivity contribution in [1.29, 1.82) is 0 Å². The van der Waals surface area contributed by atoms with Crippen molar-refractivity contribution in [3.05, 3.63) is 176 Å². The minimum absolute atomic E-state index is 0.849. The second-order valence-corrected chi connectivity index (χ2v) is 16.6. The summed E-state index contributed by atoms with van der Waals surface area (Å²) >= 11 is 1.80. The van der Waals surface area contributed by atoms with Gasteiger partial charge in [-0.2, -0.15) is 0 Å². The highest BCUT2D eigenvalue weighted by Gasteiger charge is 2.30. The number of fused-ring (bicyclic) bond motifs is 9. The number of benzene rings is 9. The van der Waals surface area contributed by atoms with Gasteiger partial charge in [0.25, 0.3) is 0 Å². The zero-order valence-electron chi connectivity index (χ0n) is 26.5. The maximum Gasteiger partial charge on any atom is 0.171 e. The van der Waals surface area contributed by atoms with E-state index in [4.69, 9.17) is 0 Å². The third-order valence-corrected chi connectivity index (χ3v) is 14.3. The van der Waals surface area contributed by atoms with Gasteiger partial charge in [-0.25, -0.2) is 0 Å². The molecule has 0 saturated carbocycles. The Morgan fingerprint density at radius 3 is 1.45 bits per heavy atom. The van der Waals surface area contributed by atoms with Crippen molar-refractivity contribution < 1.29 is 4.57 Å². The van der Waals surface area contributed by atoms with Crippen LogP contribution in [0.15, 0.2) is 176 Å². The summed E-state index contributed by atoms with van der Waals surface area (Å²) in [5, 5.41) is 14.9. The summed E-state index contributed by atoms with van der Waals surface area (Å²) in [5.41, 5.74) is 2.44. The lowest BCUT2D eigenvalue weighted by Crippen LogP contribution is -2.24. The minimum atomic E-state index is -3.11. The maximum atomic E-state index is 15.3. The summed E-state index contributed by atoms with van der Waals surface area (Å²) in [6.45, 7) is 0. The summed E-state index contributed by atoms with van der Waals surface area (Å²) in [6.07, 6.45) is 0. The van der Waals surface area contributed by atoms with E-state index in [1.165, 1.54) is 69.0 Å². The molecule has 0 N–H and O–H groups in total. The van der Waals surface area contributed by atoms with Gasteiger partial charge in [0.15, 0.2) is 7.14 Å². The fourth-order valence-electron chi connectivity index (χ4n) is 7.78. The van der Waals surface area contributed by atoms with Crippen LogP contribution in [0.25, 0.3) is 74.4 Å². The molecule has 0 saturated heterocycles. The summed E-state index contributed by atoms with van der Waals surface area (Å²) in [7, 11) is -3.11. The number of thiophene rings is 1. The summed E-state index contributed by atoms with van der Waals surface area (Å²) in [5.74, 6) is 0. The zero-order chi connectivity index (χ0) is 32.5. The van der Waals surface area contributed by atoms with Crippen molar-refractivity contribution >= 4 is 97.7 Å². The molecule has 0 amide bonds. The Kier molecular flexibility index (Phi) is 6.40. The third-order valence-electron chi connectivity index (χ3n) is 10.1. The second kappa shape index (κ2) is 11.0. The van der Waals surface area contributed by atoms with Crippen LogP contribution in [-0.4, -0.2) is 0 Å². The molecule has 0 radical (unpaired) electrons. The van der Waals surface area contributed by atoms with Gasteiger partial charge in [0, 0.05) is 36.1 Å². The van der Waals surface area contributed by atoms with Crippen LogP contribution in [0, 0.1) is 0 Å². The van der Waals surface area contributed by atoms with E-state index in [0.29, 0.717) is 0 Å². The lowest BCUT2D eigenvalue weighted by molar-refractivity contribution is 0.592. The van der Waals surface area contributed by atoms with Crippen LogP contribution < -0.4 is 15.9 Å². The molecule has 0 aliphatic heterocycles. The molecular weight excluding hydrogens is 632 g/mol. The Bertz CT molecular complexity index is 2820. The lowest BCUT2D eigenvalue weighted by atomic mass is 9.88. The van der Waals surface area contributed by atoms with E-state index in [2.05, 4.69) is 115 Å². The van der Waals surface area contributed by atoms with Crippen molar-refractivity contribution in [2.75, 3.05) is 0 Å². The van der Waals surface area contributed by atoms with E-state index in [1.807, 2.05) is 60.7 Å². The van der Waals surface area contributed by atoms with E-state index in [9.17, 15) is 0 Å². The first kappa shape index (κ1) is 28.5. The zero-order valence-corrected chi connectivity index (χ0v) is 28.2. The van der Waals surface area contributed by atoms with Gasteiger partial charge >= 0.3 is 0 Å². The Balaban J connectivity index is 1.26. The molecule has 3 heteroatoms. The molecule has 1 heterocycles. The topological polar surface area (TPSA) is 17.1 Å². The van der Waals surface area contributed by atoms with Gasteiger partial charge in [0.05, 0.1) is 0 Å². The fourth-order valence-corrected chi connectivity index (χ4v) is 11.5. The van der Waals surface area contributed by atoms with Gasteiger partial charge in [-0.15, -0.1) is 11.3 Å². The predicted molar refractivity (Wildman–Crippen MR) is 214 cm³/mol. The van der Waals surface area contributed by atoms with E-state index in [-0.39, 0.29) is 0 Å². The second-order valence-electron chi connectivity index (χ2n) is 12.8. The highest BCUT2D eigenvalue weighted by molar-refractivity contribution is 7.85. The summed E-state index contributed by atoms with van der Waals surface area (Å²) in [4.78, 5) is 0. The van der Waals surface area contributed by atoms with Crippen LogP contribution in [-0.2, 0) is 4.57 Å². The van der Waals surface area contributed by atoms with Crippen molar-refractivity contribution in [2.45, 2.75) is 0 Å². The standard InChI is InChI=1S/C46H29OPS/c47-48(33-13-3-1-4-14-33,34-15-5-2-6-16-34)35-22-26-45-43(28-35)42-27-32(21-25-44(42)49-45)46-38-23-19-30-11-7-9-17-36(30)40(38)29-41-37-18-10-8-12-31(37)20-24-39(41)46/h1-29H. The first-order valence-electron chi connectivity index (χ1n) is 16.6. The monoisotopic (exact) mass is 660 g/mol. The van der Waals surface area contributed by atoms with E-state index in [1.54, 1.807) is 11.3 Å². The molecule has 0 fully saturated rings. The Morgan fingerprint density at radius 1 is 0.347 bits per heavy atom. The molecule has 0 aliphatic carbocycles. The fraction of sp³-hybridized carbons (Fsp3) is 0. The van der Waals surface area contributed by atoms with Crippen LogP contribution >= 0.6 is 18.5 Å². The average Bonchev–Trinajstić information content (AvgIpc) is 3.54. The van der Waals surface area contributed by atoms with Crippen molar-refractivity contribution in [3.63, 3.8) is 0 Å². The molecule has 0 aliphatic rings. The molecule has 0 unspecified atom stereocenters. The van der Waals surface area contributed by atoms with E-state index < -0.39 is 7.14 Å². The quantitative estimate of drug-likeness (QED) is 0.104. The molecule has 0 bridgehead atoms. The van der Waals surface area contributed by atoms with Crippen LogP contribution in [0.4, 0.5) is 0 Å². The Labute approximate surface area is 288 Å². The predicted octanol–water partition coefficient (Wildman–Crippen LogP) is 12.0. The number of hydrogen-bond donors (Lipinski definition) is 0. The van der Waals surface area contributed by atoms with Crippen LogP contribution in [0.5, 0.6) is 0 Å². The molecule has 230 valence electrons. The molecular formula is C46H29OPS. The highest BCUT2D eigenvalue weighted by atomic mass is 32.1. The highest BCUT2D eigenvalue weighted by Crippen LogP contribution is 2.46. The molecule has 10 rings (SSSR count). The molecule has 0 spiro atoms. The van der Waals surface area contributed by atoms with Gasteiger partial charge in [-0.05, 0) is 90.6 Å². The molecule has 0 atom stereocenters. The molecule has 1 aromatic heterocycles. The van der Waals surface area contributed by atoms with Gasteiger partial charge in [0.2, 0.25) is 0 Å². The van der Waals surface area contributed by atoms with Gasteiger partial charge in [-0.3, -0.25) is 0 Å². The van der Waals surface area contributed by atoms with Crippen LogP contribution in [0.3, 0.4) is 0 Å². The van der Waals surface area contributed by atoms with Gasteiger partial charge in [0.1, 0.15) is 0 Å². The Hall–Kier alpha value is -5.53. The normalized spacial score (nSPS) is 12.2. The van der Waals surface area contributed by atoms with E-state index in [0.717, 1.165) is 21.3 Å². The number of rotatable bonds is 4. The smallest absolute Gasteiger partial charge is 0.171 e. The third kappa shape index (κ3) is 4.35. The largest absolute Gasteiger partial charge is 0.309 e. The van der Waals surface area contributed by atoms with Crippen molar-refractivity contribution in [2.24, 2.45) is 0 Å². The Morgan fingerprint density at radius 2 is 0.857 bits per heavy atom. The summed E-state index contributed by atoms with van der Waals surface area (Å²) in [6, 6.07) is 62.2. The molecule has 1 nitrogen and oxygen atoms in total. The lowest BCUT2D eigenvalue weighted by Gasteiger charge is -2.20. The maximum absolute atomic E-state index is 15.3.